The number of hydrogen-bond acceptors (Lipinski definition) is 4. The number of amides is 2. The number of hydrogen-bond donors (Lipinski definition) is 2. The van der Waals surface area contributed by atoms with Crippen LogP contribution in [0.5, 0.6) is 0 Å². The SMILES string of the molecule is CC1CC(C(=O)O)CN(C(=O)[C@@H](C)NC(=O)OCC2c3ccccc3-c3ccccc32)C1. The van der Waals surface area contributed by atoms with Crippen LogP contribution in [0.2, 0.25) is 0 Å². The molecule has 4 rings (SSSR count). The quantitative estimate of drug-likeness (QED) is 0.748. The number of aliphatic carboxylic acids is 1. The molecule has 2 aromatic rings. The number of nitrogens with one attached hydrogen (secondary N) is 1. The molecule has 3 atom stereocenters. The highest BCUT2D eigenvalue weighted by Gasteiger charge is 2.34. The first-order chi connectivity index (χ1) is 15.3. The first-order valence-corrected chi connectivity index (χ1v) is 11.0. The van der Waals surface area contributed by atoms with Gasteiger partial charge in [-0.25, -0.2) is 4.79 Å². The molecule has 1 saturated heterocycles. The highest BCUT2D eigenvalue weighted by molar-refractivity contribution is 5.86. The highest BCUT2D eigenvalue weighted by atomic mass is 16.5. The van der Waals surface area contributed by atoms with Crippen LogP contribution < -0.4 is 5.32 Å². The second kappa shape index (κ2) is 9.02. The second-order valence-electron chi connectivity index (χ2n) is 8.81. The largest absolute Gasteiger partial charge is 0.481 e. The Morgan fingerprint density at radius 2 is 1.66 bits per heavy atom. The average molecular weight is 437 g/mol. The number of carbonyl (C=O) groups is 3. The van der Waals surface area contributed by atoms with E-state index in [1.807, 2.05) is 43.3 Å². The van der Waals surface area contributed by atoms with Crippen molar-refractivity contribution in [1.82, 2.24) is 10.2 Å². The zero-order chi connectivity index (χ0) is 22.8. The van der Waals surface area contributed by atoms with Crippen molar-refractivity contribution in [3.8, 4) is 11.1 Å². The van der Waals surface area contributed by atoms with Crippen molar-refractivity contribution in [3.05, 3.63) is 59.7 Å². The summed E-state index contributed by atoms with van der Waals surface area (Å²) in [5.41, 5.74) is 4.53. The molecule has 0 saturated carbocycles. The number of carboxylic acids is 1. The maximum Gasteiger partial charge on any atom is 0.407 e. The minimum absolute atomic E-state index is 0.0570. The first-order valence-electron chi connectivity index (χ1n) is 11.0. The van der Waals surface area contributed by atoms with Crippen LogP contribution in [0.4, 0.5) is 4.79 Å². The van der Waals surface area contributed by atoms with E-state index in [9.17, 15) is 19.5 Å². The number of carboxylic acid groups (broad SMARTS) is 1. The molecule has 2 N–H and O–H groups in total. The number of carbonyl (C=O) groups excluding carboxylic acids is 2. The topological polar surface area (TPSA) is 95.9 Å². The predicted molar refractivity (Wildman–Crippen MR) is 119 cm³/mol. The molecule has 0 bridgehead atoms. The summed E-state index contributed by atoms with van der Waals surface area (Å²) in [7, 11) is 0. The maximum atomic E-state index is 12.8. The van der Waals surface area contributed by atoms with E-state index in [4.69, 9.17) is 4.74 Å². The van der Waals surface area contributed by atoms with Gasteiger partial charge in [0, 0.05) is 19.0 Å². The average Bonchev–Trinajstić information content (AvgIpc) is 3.10. The van der Waals surface area contributed by atoms with Crippen molar-refractivity contribution in [3.63, 3.8) is 0 Å². The molecule has 2 amide bonds. The molecule has 32 heavy (non-hydrogen) atoms. The smallest absolute Gasteiger partial charge is 0.407 e. The Hall–Kier alpha value is -3.35. The zero-order valence-electron chi connectivity index (χ0n) is 18.3. The summed E-state index contributed by atoms with van der Waals surface area (Å²) in [5, 5.41) is 11.9. The number of alkyl carbamates (subject to hydrolysis) is 1. The lowest BCUT2D eigenvalue weighted by atomic mass is 9.90. The number of likely N-dealkylation sites (tertiary alicyclic amines) is 1. The molecule has 0 aromatic heterocycles. The van der Waals surface area contributed by atoms with Gasteiger partial charge in [-0.05, 0) is 41.5 Å². The molecule has 1 heterocycles. The van der Waals surface area contributed by atoms with Crippen LogP contribution in [0.15, 0.2) is 48.5 Å². The lowest BCUT2D eigenvalue weighted by Gasteiger charge is -2.36. The lowest BCUT2D eigenvalue weighted by Crippen LogP contribution is -2.52. The van der Waals surface area contributed by atoms with Crippen molar-refractivity contribution in [2.75, 3.05) is 19.7 Å². The van der Waals surface area contributed by atoms with Crippen LogP contribution in [0.1, 0.15) is 37.3 Å². The van der Waals surface area contributed by atoms with Crippen LogP contribution in [0.3, 0.4) is 0 Å². The molecule has 7 nitrogen and oxygen atoms in total. The van der Waals surface area contributed by atoms with Gasteiger partial charge in [-0.1, -0.05) is 55.5 Å². The Bertz CT molecular complexity index is 991. The number of nitrogens with zero attached hydrogens (tertiary/aromatic N) is 1. The first kappa shape index (κ1) is 21.9. The van der Waals surface area contributed by atoms with Crippen molar-refractivity contribution in [2.45, 2.75) is 32.2 Å². The van der Waals surface area contributed by atoms with Gasteiger partial charge >= 0.3 is 12.1 Å². The summed E-state index contributed by atoms with van der Waals surface area (Å²) in [6, 6.07) is 15.4. The molecule has 1 aliphatic heterocycles. The third-order valence-electron chi connectivity index (χ3n) is 6.37. The molecule has 1 fully saturated rings. The normalized spacial score (nSPS) is 20.8. The minimum atomic E-state index is -0.897. The van der Waals surface area contributed by atoms with Crippen molar-refractivity contribution >= 4 is 18.0 Å². The summed E-state index contributed by atoms with van der Waals surface area (Å²) in [5.74, 6) is -1.74. The van der Waals surface area contributed by atoms with Crippen LogP contribution in [0, 0.1) is 11.8 Å². The zero-order valence-corrected chi connectivity index (χ0v) is 18.3. The Kier molecular flexibility index (Phi) is 6.17. The van der Waals surface area contributed by atoms with Crippen LogP contribution >= 0.6 is 0 Å². The van der Waals surface area contributed by atoms with Gasteiger partial charge in [0.2, 0.25) is 5.91 Å². The third kappa shape index (κ3) is 4.33. The molecule has 2 aliphatic rings. The van der Waals surface area contributed by atoms with Gasteiger partial charge < -0.3 is 20.1 Å². The van der Waals surface area contributed by atoms with E-state index in [0.29, 0.717) is 13.0 Å². The van der Waals surface area contributed by atoms with E-state index in [-0.39, 0.29) is 30.9 Å². The lowest BCUT2D eigenvalue weighted by molar-refractivity contribution is -0.147. The van der Waals surface area contributed by atoms with Gasteiger partial charge in [0.1, 0.15) is 12.6 Å². The van der Waals surface area contributed by atoms with Crippen LogP contribution in [-0.4, -0.2) is 53.7 Å². The fraction of sp³-hybridized carbons (Fsp3) is 0.400. The molecule has 2 aromatic carbocycles. The van der Waals surface area contributed by atoms with Gasteiger partial charge in [-0.2, -0.15) is 0 Å². The number of ether oxygens (including phenoxy) is 1. The molecule has 168 valence electrons. The van der Waals surface area contributed by atoms with Gasteiger partial charge in [-0.15, -0.1) is 0 Å². The summed E-state index contributed by atoms with van der Waals surface area (Å²) in [6.45, 7) is 4.34. The number of fused-ring (bicyclic) bond motifs is 3. The molecule has 1 aliphatic carbocycles. The number of benzene rings is 2. The van der Waals surface area contributed by atoms with E-state index >= 15 is 0 Å². The number of rotatable bonds is 5. The van der Waals surface area contributed by atoms with E-state index in [1.54, 1.807) is 6.92 Å². The Balaban J connectivity index is 1.36. The van der Waals surface area contributed by atoms with E-state index in [0.717, 1.165) is 22.3 Å². The summed E-state index contributed by atoms with van der Waals surface area (Å²) in [6.07, 6.45) is -0.111. The standard InChI is InChI=1S/C25H28N2O5/c1-15-11-17(24(29)30)13-27(12-15)23(28)16(2)26-25(31)32-14-22-20-9-5-3-7-18(20)19-8-4-6-10-21(19)22/h3-10,15-17,22H,11-14H2,1-2H3,(H,26,31)(H,29,30)/t15?,16-,17?/m1/s1. The Labute approximate surface area is 187 Å². The third-order valence-corrected chi connectivity index (χ3v) is 6.37. The van der Waals surface area contributed by atoms with Gasteiger partial charge in [0.05, 0.1) is 5.92 Å². The predicted octanol–water partition coefficient (Wildman–Crippen LogP) is 3.48. The Morgan fingerprint density at radius 1 is 1.06 bits per heavy atom. The Morgan fingerprint density at radius 3 is 2.25 bits per heavy atom. The summed E-state index contributed by atoms with van der Waals surface area (Å²) >= 11 is 0. The van der Waals surface area contributed by atoms with Gasteiger partial charge in [0.15, 0.2) is 0 Å². The van der Waals surface area contributed by atoms with E-state index in [1.165, 1.54) is 4.90 Å². The van der Waals surface area contributed by atoms with Crippen molar-refractivity contribution in [1.29, 1.82) is 0 Å². The molecule has 0 spiro atoms. The molecule has 0 radical (unpaired) electrons. The van der Waals surface area contributed by atoms with Crippen molar-refractivity contribution < 1.29 is 24.2 Å². The summed E-state index contributed by atoms with van der Waals surface area (Å²) < 4.78 is 5.51. The fourth-order valence-electron chi connectivity index (χ4n) is 4.86. The number of piperidine rings is 1. The van der Waals surface area contributed by atoms with Crippen molar-refractivity contribution in [2.24, 2.45) is 11.8 Å². The molecule has 7 heteroatoms. The molecule has 2 unspecified atom stereocenters. The molecular weight excluding hydrogens is 408 g/mol. The van der Waals surface area contributed by atoms with Crippen LogP contribution in [0.25, 0.3) is 11.1 Å². The maximum absolute atomic E-state index is 12.8. The highest BCUT2D eigenvalue weighted by Crippen LogP contribution is 2.44. The second-order valence-corrected chi connectivity index (χ2v) is 8.81. The fourth-order valence-corrected chi connectivity index (χ4v) is 4.86. The molecular formula is C25H28N2O5. The van der Waals surface area contributed by atoms with E-state index in [2.05, 4.69) is 17.4 Å². The van der Waals surface area contributed by atoms with E-state index < -0.39 is 24.0 Å². The monoisotopic (exact) mass is 436 g/mol. The van der Waals surface area contributed by atoms with Gasteiger partial charge in [-0.3, -0.25) is 9.59 Å². The minimum Gasteiger partial charge on any atom is -0.481 e. The van der Waals surface area contributed by atoms with Crippen LogP contribution in [-0.2, 0) is 14.3 Å². The summed E-state index contributed by atoms with van der Waals surface area (Å²) in [4.78, 5) is 38.2. The van der Waals surface area contributed by atoms with Gasteiger partial charge in [0.25, 0.3) is 0 Å².